The number of hydrogen-bond donors (Lipinski definition) is 5. The fraction of sp³-hybridized carbons (Fsp3) is 0. The molecule has 0 aliphatic rings. The SMILES string of the molecule is Nc1ccc(-c2c(O)c(O)c(N)c(-c3ccccc3)c2-c2ccccc2)c(O)c1.[O]=[V]. The zero-order valence-corrected chi connectivity index (χ0v) is 17.8. The molecule has 0 atom stereocenters. The summed E-state index contributed by atoms with van der Waals surface area (Å²) in [5.41, 5.74) is 15.8. The molecule has 0 bridgehead atoms. The number of phenolic OH excluding ortho intramolecular Hbond substituents is 3. The third-order valence-corrected chi connectivity index (χ3v) is 4.90. The first-order valence-electron chi connectivity index (χ1n) is 9.24. The summed E-state index contributed by atoms with van der Waals surface area (Å²) in [6.45, 7) is 0. The van der Waals surface area contributed by atoms with Crippen molar-refractivity contribution in [2.45, 2.75) is 0 Å². The van der Waals surface area contributed by atoms with Gasteiger partial charge in [0.2, 0.25) is 0 Å². The number of nitrogen functional groups attached to an aromatic ring is 2. The van der Waals surface area contributed by atoms with Crippen molar-refractivity contribution in [3.05, 3.63) is 78.9 Å². The van der Waals surface area contributed by atoms with Gasteiger partial charge in [-0.2, -0.15) is 0 Å². The van der Waals surface area contributed by atoms with Crippen LogP contribution in [-0.2, 0) is 21.0 Å². The van der Waals surface area contributed by atoms with Crippen LogP contribution < -0.4 is 11.5 Å². The molecular formula is C24H20N2O4V. The molecule has 7 N–H and O–H groups in total. The van der Waals surface area contributed by atoms with Gasteiger partial charge in [0.05, 0.1) is 5.69 Å². The van der Waals surface area contributed by atoms with Crippen molar-refractivity contribution in [1.29, 1.82) is 0 Å². The first-order valence-corrected chi connectivity index (χ1v) is 9.81. The van der Waals surface area contributed by atoms with Crippen LogP contribution in [-0.4, -0.2) is 15.3 Å². The third-order valence-electron chi connectivity index (χ3n) is 4.90. The van der Waals surface area contributed by atoms with Gasteiger partial charge in [0.1, 0.15) is 5.75 Å². The van der Waals surface area contributed by atoms with Gasteiger partial charge in [0.15, 0.2) is 11.5 Å². The molecule has 0 saturated carbocycles. The van der Waals surface area contributed by atoms with Crippen LogP contribution in [0.3, 0.4) is 0 Å². The molecule has 6 nitrogen and oxygen atoms in total. The van der Waals surface area contributed by atoms with Crippen LogP contribution in [0.2, 0.25) is 0 Å². The maximum absolute atomic E-state index is 10.9. The Bertz CT molecular complexity index is 1220. The molecule has 4 aromatic rings. The Balaban J connectivity index is 0.00000132. The maximum atomic E-state index is 10.9. The summed E-state index contributed by atoms with van der Waals surface area (Å²) in [5, 5.41) is 32.1. The molecule has 155 valence electrons. The van der Waals surface area contributed by atoms with Crippen molar-refractivity contribution in [1.82, 2.24) is 0 Å². The van der Waals surface area contributed by atoms with Gasteiger partial charge in [-0.05, 0) is 23.3 Å². The number of anilines is 2. The molecule has 4 aromatic carbocycles. The van der Waals surface area contributed by atoms with Crippen LogP contribution >= 0.6 is 0 Å². The van der Waals surface area contributed by atoms with Crippen LogP contribution in [0, 0.1) is 0 Å². The number of hydrogen-bond acceptors (Lipinski definition) is 6. The zero-order valence-electron chi connectivity index (χ0n) is 16.4. The van der Waals surface area contributed by atoms with Crippen molar-refractivity contribution >= 4 is 11.4 Å². The van der Waals surface area contributed by atoms with Crippen LogP contribution in [0.15, 0.2) is 78.9 Å². The fourth-order valence-electron chi connectivity index (χ4n) is 3.56. The van der Waals surface area contributed by atoms with Gasteiger partial charge in [0, 0.05) is 34.0 Å². The van der Waals surface area contributed by atoms with E-state index in [1.54, 1.807) is 12.1 Å². The molecule has 0 unspecified atom stereocenters. The normalized spacial score (nSPS) is 10.2. The Morgan fingerprint density at radius 2 is 1.13 bits per heavy atom. The number of benzene rings is 4. The van der Waals surface area contributed by atoms with E-state index in [4.69, 9.17) is 15.1 Å². The van der Waals surface area contributed by atoms with E-state index in [2.05, 4.69) is 0 Å². The molecule has 0 heterocycles. The van der Waals surface area contributed by atoms with E-state index in [1.807, 2.05) is 60.7 Å². The first-order chi connectivity index (χ1) is 15.0. The van der Waals surface area contributed by atoms with Crippen molar-refractivity contribution in [3.8, 4) is 50.6 Å². The Kier molecular flexibility index (Phi) is 6.65. The Morgan fingerprint density at radius 1 is 0.613 bits per heavy atom. The monoisotopic (exact) mass is 451 g/mol. The molecule has 0 amide bonds. The van der Waals surface area contributed by atoms with E-state index in [0.29, 0.717) is 22.4 Å². The second-order valence-electron chi connectivity index (χ2n) is 6.74. The Labute approximate surface area is 188 Å². The van der Waals surface area contributed by atoms with E-state index < -0.39 is 11.5 Å². The van der Waals surface area contributed by atoms with Gasteiger partial charge in [-0.1, -0.05) is 60.7 Å². The molecule has 0 saturated heterocycles. The standard InChI is InChI=1S/C24H20N2O3.O.V/c25-16-11-12-17(18(27)13-16)21-19(14-7-3-1-4-8-14)20(15-9-5-2-6-10-15)22(26)24(29)23(21)28;;/h1-13,27-29H,25-26H2;;. The molecule has 4 rings (SSSR count). The second kappa shape index (κ2) is 9.39. The van der Waals surface area contributed by atoms with E-state index in [-0.39, 0.29) is 17.0 Å². The predicted molar refractivity (Wildman–Crippen MR) is 117 cm³/mol. The van der Waals surface area contributed by atoms with Crippen molar-refractivity contribution in [2.24, 2.45) is 0 Å². The Hall–Kier alpha value is -3.74. The quantitative estimate of drug-likeness (QED) is 0.224. The average Bonchev–Trinajstić information content (AvgIpc) is 2.80. The molecule has 0 aromatic heterocycles. The third kappa shape index (κ3) is 4.12. The molecule has 0 aliphatic carbocycles. The summed E-state index contributed by atoms with van der Waals surface area (Å²) < 4.78 is 8.19. The molecule has 0 spiro atoms. The first kappa shape index (κ1) is 22.0. The topological polar surface area (TPSA) is 130 Å². The molecule has 31 heavy (non-hydrogen) atoms. The second-order valence-corrected chi connectivity index (χ2v) is 6.74. The fourth-order valence-corrected chi connectivity index (χ4v) is 3.56. The summed E-state index contributed by atoms with van der Waals surface area (Å²) in [6, 6.07) is 23.4. The van der Waals surface area contributed by atoms with Crippen LogP contribution in [0.25, 0.3) is 33.4 Å². The number of nitrogens with two attached hydrogens (primary N) is 2. The van der Waals surface area contributed by atoms with E-state index in [1.165, 1.54) is 6.07 Å². The van der Waals surface area contributed by atoms with Gasteiger partial charge in [-0.25, -0.2) is 0 Å². The van der Waals surface area contributed by atoms with Gasteiger partial charge in [0.25, 0.3) is 0 Å². The Morgan fingerprint density at radius 3 is 1.65 bits per heavy atom. The van der Waals surface area contributed by atoms with Crippen LogP contribution in [0.5, 0.6) is 17.2 Å². The minimum atomic E-state index is -0.435. The van der Waals surface area contributed by atoms with E-state index in [9.17, 15) is 15.3 Å². The van der Waals surface area contributed by atoms with E-state index in [0.717, 1.165) is 28.5 Å². The van der Waals surface area contributed by atoms with Crippen molar-refractivity contribution in [2.75, 3.05) is 11.5 Å². The minimum absolute atomic E-state index is 0.0613. The van der Waals surface area contributed by atoms with Gasteiger partial charge < -0.3 is 26.8 Å². The number of rotatable bonds is 3. The van der Waals surface area contributed by atoms with Gasteiger partial charge in [-0.15, -0.1) is 0 Å². The van der Waals surface area contributed by atoms with Gasteiger partial charge >= 0.3 is 21.0 Å². The molecule has 0 fully saturated rings. The van der Waals surface area contributed by atoms with Crippen molar-refractivity contribution < 1.29 is 36.4 Å². The van der Waals surface area contributed by atoms with Crippen LogP contribution in [0.4, 0.5) is 11.4 Å². The molecular weight excluding hydrogens is 431 g/mol. The number of aromatic hydroxyl groups is 3. The van der Waals surface area contributed by atoms with Crippen molar-refractivity contribution in [3.63, 3.8) is 0 Å². The molecule has 0 radical (unpaired) electrons. The van der Waals surface area contributed by atoms with Gasteiger partial charge in [-0.3, -0.25) is 0 Å². The predicted octanol–water partition coefficient (Wildman–Crippen LogP) is 4.85. The molecule has 7 heteroatoms. The molecule has 0 aliphatic heterocycles. The number of phenols is 3. The zero-order chi connectivity index (χ0) is 22.5. The summed E-state index contributed by atoms with van der Waals surface area (Å²) in [7, 11) is 0. The van der Waals surface area contributed by atoms with E-state index >= 15 is 0 Å². The summed E-state index contributed by atoms with van der Waals surface area (Å²) in [5.74, 6) is -0.948. The summed E-state index contributed by atoms with van der Waals surface area (Å²) in [4.78, 5) is 0. The average molecular weight is 451 g/mol. The van der Waals surface area contributed by atoms with Crippen LogP contribution in [0.1, 0.15) is 0 Å². The summed E-state index contributed by atoms with van der Waals surface area (Å²) in [6.07, 6.45) is 0. The summed E-state index contributed by atoms with van der Waals surface area (Å²) >= 11 is 1.06.